The highest BCUT2D eigenvalue weighted by Gasteiger charge is 2.30. The van der Waals surface area contributed by atoms with Crippen LogP contribution in [0.5, 0.6) is 0 Å². The topological polar surface area (TPSA) is 20.3 Å². The maximum absolute atomic E-state index is 13.1. The summed E-state index contributed by atoms with van der Waals surface area (Å²) < 4.78 is 13.9. The van der Waals surface area contributed by atoms with Gasteiger partial charge in [-0.15, -0.1) is 0 Å². The highest BCUT2D eigenvalue weighted by molar-refractivity contribution is 9.10. The van der Waals surface area contributed by atoms with Gasteiger partial charge in [0, 0.05) is 24.0 Å². The van der Waals surface area contributed by atoms with E-state index in [0.29, 0.717) is 18.9 Å². The van der Waals surface area contributed by atoms with Crippen molar-refractivity contribution in [3.05, 3.63) is 34.1 Å². The zero-order valence-electron chi connectivity index (χ0n) is 13.0. The van der Waals surface area contributed by atoms with Crippen molar-refractivity contribution < 1.29 is 9.18 Å². The van der Waals surface area contributed by atoms with Crippen molar-refractivity contribution in [1.82, 2.24) is 4.90 Å². The quantitative estimate of drug-likeness (QED) is 0.748. The van der Waals surface area contributed by atoms with Crippen LogP contribution in [0, 0.1) is 17.2 Å². The standard InChI is InChI=1S/C17H23BrFNO/c1-17(2,3)13-5-7-16(21)20(9-8-13)11-12-4-6-14(19)10-15(12)18/h4,6,10,13H,5,7-9,11H2,1-3H3. The summed E-state index contributed by atoms with van der Waals surface area (Å²) in [6, 6.07) is 4.65. The SMILES string of the molecule is CC(C)(C)C1CCC(=O)N(Cc2ccc(F)cc2Br)CC1. The molecule has 1 aromatic carbocycles. The van der Waals surface area contributed by atoms with Crippen molar-refractivity contribution >= 4 is 21.8 Å². The Bertz CT molecular complexity index is 524. The van der Waals surface area contributed by atoms with Crippen LogP contribution in [0.2, 0.25) is 0 Å². The van der Waals surface area contributed by atoms with Crippen LogP contribution < -0.4 is 0 Å². The molecule has 116 valence electrons. The Balaban J connectivity index is 2.08. The Morgan fingerprint density at radius 2 is 2.05 bits per heavy atom. The maximum atomic E-state index is 13.1. The van der Waals surface area contributed by atoms with E-state index in [1.165, 1.54) is 12.1 Å². The van der Waals surface area contributed by atoms with Crippen LogP contribution in [0.1, 0.15) is 45.6 Å². The van der Waals surface area contributed by atoms with Gasteiger partial charge in [-0.3, -0.25) is 4.79 Å². The van der Waals surface area contributed by atoms with Crippen molar-refractivity contribution in [1.29, 1.82) is 0 Å². The highest BCUT2D eigenvalue weighted by atomic mass is 79.9. The van der Waals surface area contributed by atoms with Crippen LogP contribution >= 0.6 is 15.9 Å². The van der Waals surface area contributed by atoms with E-state index in [-0.39, 0.29) is 17.1 Å². The minimum Gasteiger partial charge on any atom is -0.338 e. The lowest BCUT2D eigenvalue weighted by Crippen LogP contribution is -2.30. The predicted octanol–water partition coefficient (Wildman–Crippen LogP) is 4.76. The van der Waals surface area contributed by atoms with Gasteiger partial charge in [-0.2, -0.15) is 0 Å². The van der Waals surface area contributed by atoms with E-state index >= 15 is 0 Å². The number of nitrogens with zero attached hydrogens (tertiary/aromatic N) is 1. The van der Waals surface area contributed by atoms with Gasteiger partial charge in [0.05, 0.1) is 0 Å². The summed E-state index contributed by atoms with van der Waals surface area (Å²) in [6.07, 6.45) is 2.61. The fraction of sp³-hybridized carbons (Fsp3) is 0.588. The van der Waals surface area contributed by atoms with Crippen LogP contribution in [0.15, 0.2) is 22.7 Å². The molecule has 0 radical (unpaired) electrons. The van der Waals surface area contributed by atoms with E-state index in [2.05, 4.69) is 36.7 Å². The summed E-state index contributed by atoms with van der Waals surface area (Å²) in [7, 11) is 0. The zero-order valence-corrected chi connectivity index (χ0v) is 14.5. The molecule has 1 fully saturated rings. The molecule has 1 aliphatic heterocycles. The van der Waals surface area contributed by atoms with Crippen LogP contribution in [0.25, 0.3) is 0 Å². The molecule has 1 amide bonds. The second-order valence-corrected chi connectivity index (χ2v) is 7.80. The number of benzene rings is 1. The maximum Gasteiger partial charge on any atom is 0.222 e. The first kappa shape index (κ1) is 16.5. The minimum atomic E-state index is -0.263. The van der Waals surface area contributed by atoms with Gasteiger partial charge in [0.25, 0.3) is 0 Å². The monoisotopic (exact) mass is 355 g/mol. The molecule has 1 atom stereocenters. The number of likely N-dealkylation sites (tertiary alicyclic amines) is 1. The molecule has 0 N–H and O–H groups in total. The van der Waals surface area contributed by atoms with Gasteiger partial charge in [0.1, 0.15) is 5.82 Å². The minimum absolute atomic E-state index is 0.206. The molecule has 0 aliphatic carbocycles. The first-order valence-corrected chi connectivity index (χ1v) is 8.28. The summed E-state index contributed by atoms with van der Waals surface area (Å²) in [5.74, 6) is 0.515. The zero-order chi connectivity index (χ0) is 15.6. The van der Waals surface area contributed by atoms with Crippen molar-refractivity contribution in [2.45, 2.75) is 46.6 Å². The van der Waals surface area contributed by atoms with E-state index in [0.717, 1.165) is 29.4 Å². The molecule has 21 heavy (non-hydrogen) atoms. The van der Waals surface area contributed by atoms with Gasteiger partial charge in [0.15, 0.2) is 0 Å². The third-order valence-corrected chi connectivity index (χ3v) is 5.15. The van der Waals surface area contributed by atoms with Gasteiger partial charge in [-0.25, -0.2) is 4.39 Å². The lowest BCUT2D eigenvalue weighted by atomic mass is 9.77. The first-order valence-electron chi connectivity index (χ1n) is 7.49. The van der Waals surface area contributed by atoms with Gasteiger partial charge < -0.3 is 4.90 Å². The summed E-state index contributed by atoms with van der Waals surface area (Å²) in [5, 5.41) is 0. The van der Waals surface area contributed by atoms with Crippen molar-refractivity contribution in [2.24, 2.45) is 11.3 Å². The Labute approximate surface area is 134 Å². The van der Waals surface area contributed by atoms with Crippen molar-refractivity contribution in [3.8, 4) is 0 Å². The Kier molecular flexibility index (Phi) is 5.07. The molecule has 0 bridgehead atoms. The van der Waals surface area contributed by atoms with E-state index in [4.69, 9.17) is 0 Å². The molecule has 0 saturated carbocycles. The predicted molar refractivity (Wildman–Crippen MR) is 86.3 cm³/mol. The number of carbonyl (C=O) groups excluding carboxylic acids is 1. The number of carbonyl (C=O) groups is 1. The van der Waals surface area contributed by atoms with E-state index in [1.54, 1.807) is 6.07 Å². The van der Waals surface area contributed by atoms with Gasteiger partial charge >= 0.3 is 0 Å². The van der Waals surface area contributed by atoms with Gasteiger partial charge in [-0.1, -0.05) is 42.8 Å². The molecule has 2 rings (SSSR count). The molecule has 1 aromatic rings. The fourth-order valence-corrected chi connectivity index (χ4v) is 3.40. The summed E-state index contributed by atoms with van der Waals surface area (Å²) in [6.45, 7) is 8.07. The summed E-state index contributed by atoms with van der Waals surface area (Å²) >= 11 is 3.38. The Hall–Kier alpha value is -0.900. The summed E-state index contributed by atoms with van der Waals surface area (Å²) in [5.41, 5.74) is 1.20. The number of rotatable bonds is 2. The number of hydrogen-bond acceptors (Lipinski definition) is 1. The molecule has 1 aliphatic rings. The molecule has 1 unspecified atom stereocenters. The Morgan fingerprint density at radius 3 is 2.67 bits per heavy atom. The normalized spacial score (nSPS) is 20.5. The summed E-state index contributed by atoms with van der Waals surface area (Å²) in [4.78, 5) is 14.2. The first-order chi connectivity index (χ1) is 9.77. The average molecular weight is 356 g/mol. The second kappa shape index (κ2) is 6.47. The van der Waals surface area contributed by atoms with E-state index in [9.17, 15) is 9.18 Å². The number of hydrogen-bond donors (Lipinski definition) is 0. The molecule has 2 nitrogen and oxygen atoms in total. The molecular formula is C17H23BrFNO. The molecular weight excluding hydrogens is 333 g/mol. The van der Waals surface area contributed by atoms with Gasteiger partial charge in [0.2, 0.25) is 5.91 Å². The number of amides is 1. The third kappa shape index (κ3) is 4.29. The molecule has 1 heterocycles. The Morgan fingerprint density at radius 1 is 1.33 bits per heavy atom. The van der Waals surface area contributed by atoms with Crippen molar-refractivity contribution in [2.75, 3.05) is 6.54 Å². The van der Waals surface area contributed by atoms with Crippen LogP contribution in [0.4, 0.5) is 4.39 Å². The van der Waals surface area contributed by atoms with Crippen LogP contribution in [-0.2, 0) is 11.3 Å². The van der Waals surface area contributed by atoms with Crippen molar-refractivity contribution in [3.63, 3.8) is 0 Å². The fourth-order valence-electron chi connectivity index (χ4n) is 2.93. The van der Waals surface area contributed by atoms with Crippen LogP contribution in [-0.4, -0.2) is 17.4 Å². The smallest absolute Gasteiger partial charge is 0.222 e. The third-order valence-electron chi connectivity index (χ3n) is 4.41. The second-order valence-electron chi connectivity index (χ2n) is 6.94. The largest absolute Gasteiger partial charge is 0.338 e. The lowest BCUT2D eigenvalue weighted by molar-refractivity contribution is -0.131. The highest BCUT2D eigenvalue weighted by Crippen LogP contribution is 2.35. The van der Waals surface area contributed by atoms with E-state index in [1.807, 2.05) is 4.90 Å². The lowest BCUT2D eigenvalue weighted by Gasteiger charge is -2.29. The molecule has 0 spiro atoms. The average Bonchev–Trinajstić information content (AvgIpc) is 2.55. The molecule has 0 aromatic heterocycles. The number of halogens is 2. The molecule has 4 heteroatoms. The molecule has 1 saturated heterocycles. The van der Waals surface area contributed by atoms with Crippen LogP contribution in [0.3, 0.4) is 0 Å². The van der Waals surface area contributed by atoms with E-state index < -0.39 is 0 Å². The van der Waals surface area contributed by atoms with Gasteiger partial charge in [-0.05, 0) is 41.9 Å².